The van der Waals surface area contributed by atoms with Crippen LogP contribution in [-0.4, -0.2) is 18.5 Å². The highest BCUT2D eigenvalue weighted by Gasteiger charge is 2.42. The third-order valence-corrected chi connectivity index (χ3v) is 3.05. The number of hydrogen-bond donors (Lipinski definition) is 1. The molecule has 104 valence electrons. The summed E-state index contributed by atoms with van der Waals surface area (Å²) in [5.74, 6) is -1.65. The SMILES string of the molecule is CCOC(=O)C1=C(C)OC(=N)C(C#N)C1c1ccco1. The van der Waals surface area contributed by atoms with Gasteiger partial charge in [0, 0.05) is 0 Å². The maximum atomic E-state index is 12.1. The first-order valence-electron chi connectivity index (χ1n) is 6.17. The first kappa shape index (κ1) is 13.9. The smallest absolute Gasteiger partial charge is 0.338 e. The second kappa shape index (κ2) is 5.61. The van der Waals surface area contributed by atoms with Gasteiger partial charge in [0.15, 0.2) is 0 Å². The van der Waals surface area contributed by atoms with E-state index in [9.17, 15) is 10.1 Å². The average molecular weight is 274 g/mol. The number of furan rings is 1. The van der Waals surface area contributed by atoms with E-state index in [1.807, 2.05) is 6.07 Å². The molecule has 0 spiro atoms. The zero-order valence-electron chi connectivity index (χ0n) is 11.2. The Labute approximate surface area is 116 Å². The van der Waals surface area contributed by atoms with Crippen LogP contribution in [0.4, 0.5) is 0 Å². The summed E-state index contributed by atoms with van der Waals surface area (Å²) < 4.78 is 15.5. The molecular formula is C14H14N2O4. The number of hydrogen-bond acceptors (Lipinski definition) is 6. The largest absolute Gasteiger partial charge is 0.469 e. The zero-order chi connectivity index (χ0) is 14.7. The van der Waals surface area contributed by atoms with Gasteiger partial charge in [-0.3, -0.25) is 5.41 Å². The van der Waals surface area contributed by atoms with E-state index in [2.05, 4.69) is 0 Å². The summed E-state index contributed by atoms with van der Waals surface area (Å²) in [6.07, 6.45) is 1.46. The molecule has 0 aromatic carbocycles. The molecule has 2 heterocycles. The van der Waals surface area contributed by atoms with Crippen LogP contribution in [0.25, 0.3) is 0 Å². The van der Waals surface area contributed by atoms with E-state index in [-0.39, 0.29) is 23.8 Å². The van der Waals surface area contributed by atoms with Crippen LogP contribution in [0.15, 0.2) is 34.1 Å². The van der Waals surface area contributed by atoms with Gasteiger partial charge in [0.25, 0.3) is 0 Å². The van der Waals surface area contributed by atoms with E-state index in [4.69, 9.17) is 19.3 Å². The lowest BCUT2D eigenvalue weighted by molar-refractivity contribution is -0.139. The molecule has 0 fully saturated rings. The van der Waals surface area contributed by atoms with Crippen LogP contribution in [0.1, 0.15) is 25.5 Å². The number of ether oxygens (including phenoxy) is 2. The van der Waals surface area contributed by atoms with Crippen molar-refractivity contribution in [3.63, 3.8) is 0 Å². The van der Waals surface area contributed by atoms with Gasteiger partial charge in [-0.25, -0.2) is 4.79 Å². The van der Waals surface area contributed by atoms with Gasteiger partial charge in [-0.05, 0) is 26.0 Å². The Bertz CT molecular complexity index is 595. The molecule has 0 aliphatic carbocycles. The van der Waals surface area contributed by atoms with Crippen molar-refractivity contribution in [2.75, 3.05) is 6.61 Å². The van der Waals surface area contributed by atoms with E-state index in [0.717, 1.165) is 0 Å². The van der Waals surface area contributed by atoms with Crippen molar-refractivity contribution in [1.29, 1.82) is 10.7 Å². The van der Waals surface area contributed by atoms with E-state index < -0.39 is 17.8 Å². The van der Waals surface area contributed by atoms with E-state index in [1.54, 1.807) is 26.0 Å². The molecule has 0 amide bonds. The number of carbonyl (C=O) groups is 1. The van der Waals surface area contributed by atoms with E-state index in [0.29, 0.717) is 5.76 Å². The van der Waals surface area contributed by atoms with Gasteiger partial charge in [0.1, 0.15) is 17.4 Å². The van der Waals surface area contributed by atoms with E-state index in [1.165, 1.54) is 6.26 Å². The van der Waals surface area contributed by atoms with Crippen LogP contribution in [0, 0.1) is 22.7 Å². The highest BCUT2D eigenvalue weighted by atomic mass is 16.5. The van der Waals surface area contributed by atoms with Crippen molar-refractivity contribution in [3.05, 3.63) is 35.5 Å². The first-order valence-corrected chi connectivity index (χ1v) is 6.17. The lowest BCUT2D eigenvalue weighted by Gasteiger charge is -2.28. The van der Waals surface area contributed by atoms with E-state index >= 15 is 0 Å². The number of nitrogens with one attached hydrogen (secondary N) is 1. The second-order valence-corrected chi connectivity index (χ2v) is 4.26. The van der Waals surface area contributed by atoms with Crippen LogP contribution >= 0.6 is 0 Å². The van der Waals surface area contributed by atoms with Crippen molar-refractivity contribution < 1.29 is 18.7 Å². The summed E-state index contributed by atoms with van der Waals surface area (Å²) in [6.45, 7) is 3.49. The summed E-state index contributed by atoms with van der Waals surface area (Å²) in [4.78, 5) is 12.1. The third kappa shape index (κ3) is 2.30. The van der Waals surface area contributed by atoms with Gasteiger partial charge < -0.3 is 13.9 Å². The van der Waals surface area contributed by atoms with Gasteiger partial charge in [-0.1, -0.05) is 0 Å². The van der Waals surface area contributed by atoms with Crippen molar-refractivity contribution >= 4 is 11.9 Å². The van der Waals surface area contributed by atoms with Crippen molar-refractivity contribution in [1.82, 2.24) is 0 Å². The fraction of sp³-hybridized carbons (Fsp3) is 0.357. The normalized spacial score (nSPS) is 22.1. The Morgan fingerprint density at radius 3 is 2.90 bits per heavy atom. The minimum Gasteiger partial charge on any atom is -0.469 e. The molecule has 6 heteroatoms. The number of esters is 1. The zero-order valence-corrected chi connectivity index (χ0v) is 11.2. The molecule has 0 saturated carbocycles. The molecule has 1 N–H and O–H groups in total. The van der Waals surface area contributed by atoms with Gasteiger partial charge in [-0.15, -0.1) is 0 Å². The maximum absolute atomic E-state index is 12.1. The highest BCUT2D eigenvalue weighted by Crippen LogP contribution is 2.39. The van der Waals surface area contributed by atoms with Gasteiger partial charge in [-0.2, -0.15) is 5.26 Å². The first-order chi connectivity index (χ1) is 9.60. The third-order valence-electron chi connectivity index (χ3n) is 3.05. The molecule has 2 atom stereocenters. The Morgan fingerprint density at radius 2 is 2.35 bits per heavy atom. The molecule has 2 rings (SSSR count). The fourth-order valence-electron chi connectivity index (χ4n) is 2.21. The minimum absolute atomic E-state index is 0.195. The Kier molecular flexibility index (Phi) is 3.89. The predicted octanol–water partition coefficient (Wildman–Crippen LogP) is 2.35. The lowest BCUT2D eigenvalue weighted by atomic mass is 9.82. The Morgan fingerprint density at radius 1 is 1.60 bits per heavy atom. The van der Waals surface area contributed by atoms with Crippen LogP contribution in [0.3, 0.4) is 0 Å². The average Bonchev–Trinajstić information content (AvgIpc) is 2.91. The maximum Gasteiger partial charge on any atom is 0.338 e. The number of carbonyl (C=O) groups excluding carboxylic acids is 1. The molecule has 2 unspecified atom stereocenters. The minimum atomic E-state index is -0.913. The number of nitrogens with zero attached hydrogens (tertiary/aromatic N) is 1. The number of nitriles is 1. The summed E-state index contributed by atoms with van der Waals surface area (Å²) in [6, 6.07) is 5.32. The topological polar surface area (TPSA) is 96.3 Å². The Balaban J connectivity index is 2.53. The van der Waals surface area contributed by atoms with Crippen LogP contribution in [0.5, 0.6) is 0 Å². The van der Waals surface area contributed by atoms with Gasteiger partial charge in [0.05, 0.1) is 30.4 Å². The second-order valence-electron chi connectivity index (χ2n) is 4.26. The Hall–Kier alpha value is -2.55. The van der Waals surface area contributed by atoms with Gasteiger partial charge >= 0.3 is 5.97 Å². The van der Waals surface area contributed by atoms with Crippen LogP contribution in [0.2, 0.25) is 0 Å². The predicted molar refractivity (Wildman–Crippen MR) is 68.7 cm³/mol. The molecule has 6 nitrogen and oxygen atoms in total. The van der Waals surface area contributed by atoms with Crippen molar-refractivity contribution in [2.45, 2.75) is 19.8 Å². The lowest BCUT2D eigenvalue weighted by Crippen LogP contribution is -2.32. The molecule has 20 heavy (non-hydrogen) atoms. The molecule has 1 aliphatic rings. The number of allylic oxidation sites excluding steroid dienone is 1. The van der Waals surface area contributed by atoms with Crippen molar-refractivity contribution in [2.24, 2.45) is 5.92 Å². The summed E-state index contributed by atoms with van der Waals surface area (Å²) in [7, 11) is 0. The summed E-state index contributed by atoms with van der Waals surface area (Å²) in [5.41, 5.74) is 0.226. The molecule has 0 saturated heterocycles. The van der Waals surface area contributed by atoms with Gasteiger partial charge in [0.2, 0.25) is 5.90 Å². The fourth-order valence-corrected chi connectivity index (χ4v) is 2.21. The van der Waals surface area contributed by atoms with Crippen LogP contribution < -0.4 is 0 Å². The summed E-state index contributed by atoms with van der Waals surface area (Å²) >= 11 is 0. The summed E-state index contributed by atoms with van der Waals surface area (Å²) in [5, 5.41) is 17.0. The molecule has 1 aliphatic heterocycles. The molecular weight excluding hydrogens is 260 g/mol. The number of rotatable bonds is 3. The highest BCUT2D eigenvalue weighted by molar-refractivity contribution is 5.95. The monoisotopic (exact) mass is 274 g/mol. The molecule has 1 aromatic rings. The molecule has 0 bridgehead atoms. The quantitative estimate of drug-likeness (QED) is 0.853. The standard InChI is InChI=1S/C14H14N2O4/c1-3-18-14(17)11-8(2)20-13(16)9(7-15)12(11)10-5-4-6-19-10/h4-6,9,12,16H,3H2,1-2H3. The van der Waals surface area contributed by atoms with Crippen LogP contribution in [-0.2, 0) is 14.3 Å². The molecule has 1 aromatic heterocycles. The molecule has 0 radical (unpaired) electrons. The van der Waals surface area contributed by atoms with Crippen molar-refractivity contribution in [3.8, 4) is 6.07 Å².